The normalized spacial score (nSPS) is 19.1. The lowest BCUT2D eigenvalue weighted by molar-refractivity contribution is -0.180. The van der Waals surface area contributed by atoms with E-state index in [0.717, 1.165) is 27.9 Å². The monoisotopic (exact) mass is 339 g/mol. The number of hydrogen-bond donors (Lipinski definition) is 0. The van der Waals surface area contributed by atoms with Gasteiger partial charge in [0.1, 0.15) is 0 Å². The highest BCUT2D eigenvalue weighted by Crippen LogP contribution is 2.54. The molecule has 0 aliphatic carbocycles. The van der Waals surface area contributed by atoms with Gasteiger partial charge in [-0.15, -0.1) is 0 Å². The maximum atomic E-state index is 13.1. The molecule has 0 radical (unpaired) electrons. The minimum Gasteiger partial charge on any atom is -0.493 e. The molecule has 6 heteroatoms. The molecule has 2 aromatic rings. The van der Waals surface area contributed by atoms with Crippen LogP contribution in [0.3, 0.4) is 0 Å². The third-order valence-corrected chi connectivity index (χ3v) is 5.11. The summed E-state index contributed by atoms with van der Waals surface area (Å²) in [6.07, 6.45) is 0. The average Bonchev–Trinajstić information content (AvgIpc) is 3.23. The molecule has 1 saturated heterocycles. The van der Waals surface area contributed by atoms with Crippen molar-refractivity contribution < 1.29 is 23.7 Å². The molecule has 1 amide bonds. The summed E-state index contributed by atoms with van der Waals surface area (Å²) in [6, 6.07) is 9.75. The van der Waals surface area contributed by atoms with Crippen LogP contribution >= 0.6 is 0 Å². The van der Waals surface area contributed by atoms with Crippen LogP contribution in [-0.4, -0.2) is 33.3 Å². The summed E-state index contributed by atoms with van der Waals surface area (Å²) in [6.45, 7) is 1.28. The van der Waals surface area contributed by atoms with Crippen molar-refractivity contribution in [3.8, 4) is 22.6 Å². The highest BCUT2D eigenvalue weighted by atomic mass is 16.7. The molecule has 2 aromatic carbocycles. The first-order chi connectivity index (χ1) is 12.2. The van der Waals surface area contributed by atoms with Crippen molar-refractivity contribution in [2.45, 2.75) is 12.3 Å². The zero-order valence-corrected chi connectivity index (χ0v) is 14.0. The summed E-state index contributed by atoms with van der Waals surface area (Å²) >= 11 is 0. The minimum absolute atomic E-state index is 0.159. The number of anilines is 1. The summed E-state index contributed by atoms with van der Waals surface area (Å²) < 4.78 is 22.4. The largest absolute Gasteiger partial charge is 0.493 e. The number of hydrogen-bond acceptors (Lipinski definition) is 5. The fourth-order valence-electron chi connectivity index (χ4n) is 4.03. The molecule has 1 fully saturated rings. The molecule has 0 atom stereocenters. The SMILES string of the molecule is COc1cc2c(cc1OC)-c1cccc3c1N(C2)C(=O)C31OCCO1. The predicted molar refractivity (Wildman–Crippen MR) is 89.8 cm³/mol. The van der Waals surface area contributed by atoms with Gasteiger partial charge in [0.15, 0.2) is 11.5 Å². The third-order valence-electron chi connectivity index (χ3n) is 5.11. The number of carbonyl (C=O) groups excluding carboxylic acids is 1. The Balaban J connectivity index is 1.76. The molecule has 0 N–H and O–H groups in total. The molecule has 0 saturated carbocycles. The van der Waals surface area contributed by atoms with Crippen LogP contribution in [-0.2, 0) is 26.6 Å². The first-order valence-electron chi connectivity index (χ1n) is 8.18. The number of carbonyl (C=O) groups is 1. The second-order valence-corrected chi connectivity index (χ2v) is 6.27. The fourth-order valence-corrected chi connectivity index (χ4v) is 4.03. The topological polar surface area (TPSA) is 57.2 Å². The van der Waals surface area contributed by atoms with Crippen LogP contribution in [0.2, 0.25) is 0 Å². The zero-order chi connectivity index (χ0) is 17.2. The van der Waals surface area contributed by atoms with Crippen molar-refractivity contribution in [3.05, 3.63) is 41.5 Å². The molecule has 25 heavy (non-hydrogen) atoms. The maximum Gasteiger partial charge on any atom is 0.292 e. The van der Waals surface area contributed by atoms with Crippen LogP contribution in [0, 0.1) is 0 Å². The lowest BCUT2D eigenvalue weighted by Crippen LogP contribution is -2.41. The lowest BCUT2D eigenvalue weighted by Gasteiger charge is -2.28. The first-order valence-corrected chi connectivity index (χ1v) is 8.18. The Morgan fingerprint density at radius 2 is 1.76 bits per heavy atom. The Hall–Kier alpha value is -2.57. The molecule has 5 rings (SSSR count). The van der Waals surface area contributed by atoms with Crippen LogP contribution in [0.5, 0.6) is 11.5 Å². The van der Waals surface area contributed by atoms with Gasteiger partial charge in [0.2, 0.25) is 0 Å². The van der Waals surface area contributed by atoms with Crippen molar-refractivity contribution >= 4 is 11.6 Å². The molecule has 128 valence electrons. The van der Waals surface area contributed by atoms with E-state index in [1.807, 2.05) is 30.3 Å². The van der Waals surface area contributed by atoms with Crippen LogP contribution < -0.4 is 14.4 Å². The smallest absolute Gasteiger partial charge is 0.292 e. The van der Waals surface area contributed by atoms with Crippen LogP contribution in [0.15, 0.2) is 30.3 Å². The highest BCUT2D eigenvalue weighted by Gasteiger charge is 2.57. The van der Waals surface area contributed by atoms with Gasteiger partial charge < -0.3 is 23.8 Å². The van der Waals surface area contributed by atoms with Gasteiger partial charge in [-0.2, -0.15) is 0 Å². The Labute approximate surface area is 144 Å². The second-order valence-electron chi connectivity index (χ2n) is 6.27. The Morgan fingerprint density at radius 3 is 2.48 bits per heavy atom. The van der Waals surface area contributed by atoms with Crippen LogP contribution in [0.1, 0.15) is 11.1 Å². The van der Waals surface area contributed by atoms with E-state index >= 15 is 0 Å². The van der Waals surface area contributed by atoms with E-state index in [-0.39, 0.29) is 5.91 Å². The van der Waals surface area contributed by atoms with Crippen molar-refractivity contribution in [2.75, 3.05) is 32.3 Å². The van der Waals surface area contributed by atoms with E-state index < -0.39 is 5.79 Å². The molecule has 3 aliphatic rings. The summed E-state index contributed by atoms with van der Waals surface area (Å²) in [5.41, 5.74) is 4.67. The molecule has 3 aliphatic heterocycles. The van der Waals surface area contributed by atoms with E-state index in [2.05, 4.69) is 0 Å². The Bertz CT molecular complexity index is 901. The quantitative estimate of drug-likeness (QED) is 0.841. The summed E-state index contributed by atoms with van der Waals surface area (Å²) in [7, 11) is 3.23. The van der Waals surface area contributed by atoms with Crippen molar-refractivity contribution in [1.82, 2.24) is 0 Å². The van der Waals surface area contributed by atoms with E-state index in [9.17, 15) is 4.79 Å². The number of benzene rings is 2. The molecule has 1 spiro atoms. The molecule has 0 aromatic heterocycles. The number of rotatable bonds is 2. The highest BCUT2D eigenvalue weighted by molar-refractivity contribution is 6.11. The van der Waals surface area contributed by atoms with E-state index in [0.29, 0.717) is 31.3 Å². The van der Waals surface area contributed by atoms with Crippen LogP contribution in [0.25, 0.3) is 11.1 Å². The van der Waals surface area contributed by atoms with Gasteiger partial charge in [-0.1, -0.05) is 18.2 Å². The first kappa shape index (κ1) is 14.7. The maximum absolute atomic E-state index is 13.1. The summed E-state index contributed by atoms with van der Waals surface area (Å²) in [5, 5.41) is 0. The molecular weight excluding hydrogens is 322 g/mol. The van der Waals surface area contributed by atoms with Gasteiger partial charge in [-0.25, -0.2) is 0 Å². The zero-order valence-electron chi connectivity index (χ0n) is 14.0. The molecule has 3 heterocycles. The van der Waals surface area contributed by atoms with Gasteiger partial charge in [0.05, 0.1) is 39.7 Å². The minimum atomic E-state index is -1.29. The number of methoxy groups -OCH3 is 2. The molecule has 0 bridgehead atoms. The number of para-hydroxylation sites is 1. The average molecular weight is 339 g/mol. The number of nitrogens with zero attached hydrogens (tertiary/aromatic N) is 1. The third kappa shape index (κ3) is 1.73. The number of amides is 1. The van der Waals surface area contributed by atoms with Crippen molar-refractivity contribution in [3.63, 3.8) is 0 Å². The molecule has 0 unspecified atom stereocenters. The van der Waals surface area contributed by atoms with Gasteiger partial charge >= 0.3 is 0 Å². The number of fused-ring (bicyclic) bond motifs is 3. The van der Waals surface area contributed by atoms with Gasteiger partial charge in [-0.05, 0) is 23.3 Å². The van der Waals surface area contributed by atoms with E-state index in [1.165, 1.54) is 0 Å². The Kier molecular flexibility index (Phi) is 2.93. The molecule has 6 nitrogen and oxygen atoms in total. The second kappa shape index (κ2) is 4.97. The number of ether oxygens (including phenoxy) is 4. The van der Waals surface area contributed by atoms with E-state index in [4.69, 9.17) is 18.9 Å². The van der Waals surface area contributed by atoms with Gasteiger partial charge in [-0.3, -0.25) is 4.79 Å². The van der Waals surface area contributed by atoms with Crippen molar-refractivity contribution in [1.29, 1.82) is 0 Å². The van der Waals surface area contributed by atoms with Gasteiger partial charge in [0.25, 0.3) is 11.7 Å². The Morgan fingerprint density at radius 1 is 1.04 bits per heavy atom. The van der Waals surface area contributed by atoms with E-state index in [1.54, 1.807) is 19.1 Å². The standard InChI is InChI=1S/C19H17NO5/c1-22-15-8-11-10-20-17-12(13(11)9-16(15)23-2)4-3-5-14(17)19(18(20)21)24-6-7-25-19/h3-5,8-9H,6-7,10H2,1-2H3. The lowest BCUT2D eigenvalue weighted by atomic mass is 9.91. The van der Waals surface area contributed by atoms with Crippen LogP contribution in [0.4, 0.5) is 5.69 Å². The summed E-state index contributed by atoms with van der Waals surface area (Å²) in [5.74, 6) is -0.134. The van der Waals surface area contributed by atoms with Gasteiger partial charge in [0, 0.05) is 11.1 Å². The summed E-state index contributed by atoms with van der Waals surface area (Å²) in [4.78, 5) is 14.9. The fraction of sp³-hybridized carbons (Fsp3) is 0.316. The van der Waals surface area contributed by atoms with Crippen molar-refractivity contribution in [2.24, 2.45) is 0 Å². The predicted octanol–water partition coefficient (Wildman–Crippen LogP) is 2.43. The molecular formula is C19H17NO5.